The van der Waals surface area contributed by atoms with Gasteiger partial charge in [0.2, 0.25) is 0 Å². The summed E-state index contributed by atoms with van der Waals surface area (Å²) in [7, 11) is 2.14. The largest absolute Gasteiger partial charge is 0.302 e. The first-order chi connectivity index (χ1) is 9.40. The van der Waals surface area contributed by atoms with Crippen LogP contribution >= 0.6 is 0 Å². The van der Waals surface area contributed by atoms with E-state index in [1.165, 1.54) is 5.56 Å². The van der Waals surface area contributed by atoms with E-state index in [0.717, 1.165) is 24.5 Å². The molecule has 0 saturated carbocycles. The summed E-state index contributed by atoms with van der Waals surface area (Å²) in [5.41, 5.74) is 3.66. The van der Waals surface area contributed by atoms with E-state index in [9.17, 15) is 0 Å². The quantitative estimate of drug-likeness (QED) is 0.847. The van der Waals surface area contributed by atoms with Crippen molar-refractivity contribution in [1.82, 2.24) is 14.7 Å². The monoisotopic (exact) mass is 271 g/mol. The van der Waals surface area contributed by atoms with Gasteiger partial charge in [-0.3, -0.25) is 0 Å². The highest BCUT2D eigenvalue weighted by molar-refractivity contribution is 5.34. The van der Waals surface area contributed by atoms with E-state index in [0.29, 0.717) is 0 Å². The minimum atomic E-state index is 0.0923. The van der Waals surface area contributed by atoms with Crippen LogP contribution in [0.1, 0.15) is 39.0 Å². The Balaban J connectivity index is 2.16. The third-order valence-electron chi connectivity index (χ3n) is 3.55. The van der Waals surface area contributed by atoms with Gasteiger partial charge in [0.1, 0.15) is 0 Å². The van der Waals surface area contributed by atoms with Crippen molar-refractivity contribution in [2.75, 3.05) is 13.6 Å². The van der Waals surface area contributed by atoms with Crippen LogP contribution in [0.25, 0.3) is 5.69 Å². The lowest BCUT2D eigenvalue weighted by atomic mass is 9.93. The maximum Gasteiger partial charge on any atom is 0.0682 e. The van der Waals surface area contributed by atoms with Crippen molar-refractivity contribution in [1.29, 1.82) is 0 Å². The summed E-state index contributed by atoms with van der Waals surface area (Å²) in [6, 6.07) is 10.7. The molecule has 20 heavy (non-hydrogen) atoms. The Labute approximate surface area is 122 Å². The van der Waals surface area contributed by atoms with Gasteiger partial charge in [0.15, 0.2) is 0 Å². The zero-order valence-corrected chi connectivity index (χ0v) is 13.2. The average Bonchev–Trinajstić information content (AvgIpc) is 2.89. The maximum absolute atomic E-state index is 4.66. The molecule has 1 aromatic carbocycles. The van der Waals surface area contributed by atoms with E-state index in [1.54, 1.807) is 0 Å². The Kier molecular flexibility index (Phi) is 4.29. The van der Waals surface area contributed by atoms with Gasteiger partial charge in [-0.15, -0.1) is 0 Å². The summed E-state index contributed by atoms with van der Waals surface area (Å²) in [5.74, 6) is 0. The first kappa shape index (κ1) is 14.8. The van der Waals surface area contributed by atoms with Crippen LogP contribution in [-0.2, 0) is 12.0 Å². The molecule has 0 fully saturated rings. The van der Waals surface area contributed by atoms with Gasteiger partial charge < -0.3 is 4.90 Å². The van der Waals surface area contributed by atoms with Gasteiger partial charge in [0.25, 0.3) is 0 Å². The van der Waals surface area contributed by atoms with Gasteiger partial charge >= 0.3 is 0 Å². The SMILES string of the molecule is CCN(C)Cc1ccc(-n2ccc(C(C)(C)C)n2)cc1. The second-order valence-electron chi connectivity index (χ2n) is 6.39. The Morgan fingerprint density at radius 3 is 2.25 bits per heavy atom. The molecule has 0 aliphatic rings. The summed E-state index contributed by atoms with van der Waals surface area (Å²) in [6.07, 6.45) is 2.04. The molecular formula is C17H25N3. The molecule has 3 heteroatoms. The van der Waals surface area contributed by atoms with Gasteiger partial charge in [0.05, 0.1) is 11.4 Å². The maximum atomic E-state index is 4.66. The average molecular weight is 271 g/mol. The molecule has 0 amide bonds. The third kappa shape index (κ3) is 3.48. The molecule has 1 heterocycles. The van der Waals surface area contributed by atoms with E-state index >= 15 is 0 Å². The van der Waals surface area contributed by atoms with Crippen LogP contribution in [0.15, 0.2) is 36.5 Å². The van der Waals surface area contributed by atoms with Gasteiger partial charge in [-0.25, -0.2) is 4.68 Å². The minimum Gasteiger partial charge on any atom is -0.302 e. The zero-order chi connectivity index (χ0) is 14.8. The number of nitrogens with zero attached hydrogens (tertiary/aromatic N) is 3. The van der Waals surface area contributed by atoms with Crippen LogP contribution in [0.3, 0.4) is 0 Å². The van der Waals surface area contributed by atoms with Crippen LogP contribution in [0.4, 0.5) is 0 Å². The predicted molar refractivity (Wildman–Crippen MR) is 84.3 cm³/mol. The Hall–Kier alpha value is -1.61. The number of benzene rings is 1. The molecule has 0 unspecified atom stereocenters. The van der Waals surface area contributed by atoms with Gasteiger partial charge in [-0.1, -0.05) is 39.8 Å². The molecule has 0 saturated heterocycles. The molecule has 0 atom stereocenters. The topological polar surface area (TPSA) is 21.1 Å². The molecule has 0 aliphatic carbocycles. The van der Waals surface area contributed by atoms with Crippen molar-refractivity contribution in [3.63, 3.8) is 0 Å². The van der Waals surface area contributed by atoms with Crippen LogP contribution in [0.5, 0.6) is 0 Å². The van der Waals surface area contributed by atoms with Crippen molar-refractivity contribution in [3.8, 4) is 5.69 Å². The Bertz CT molecular complexity index is 546. The van der Waals surface area contributed by atoms with E-state index in [1.807, 2.05) is 10.9 Å². The van der Waals surface area contributed by atoms with Gasteiger partial charge in [0, 0.05) is 18.2 Å². The fourth-order valence-corrected chi connectivity index (χ4v) is 2.05. The number of hydrogen-bond acceptors (Lipinski definition) is 2. The van der Waals surface area contributed by atoms with E-state index in [4.69, 9.17) is 0 Å². The lowest BCUT2D eigenvalue weighted by molar-refractivity contribution is 0.346. The summed E-state index contributed by atoms with van der Waals surface area (Å²) >= 11 is 0. The van der Waals surface area contributed by atoms with Gasteiger partial charge in [-0.2, -0.15) is 5.10 Å². The highest BCUT2D eigenvalue weighted by atomic mass is 15.3. The molecule has 1 aromatic heterocycles. The summed E-state index contributed by atoms with van der Waals surface area (Å²) < 4.78 is 1.95. The molecule has 2 rings (SSSR count). The normalized spacial score (nSPS) is 12.1. The number of aromatic nitrogens is 2. The summed E-state index contributed by atoms with van der Waals surface area (Å²) in [4.78, 5) is 2.29. The van der Waals surface area contributed by atoms with E-state index in [-0.39, 0.29) is 5.41 Å². The molecule has 0 spiro atoms. The Morgan fingerprint density at radius 1 is 1.10 bits per heavy atom. The lowest BCUT2D eigenvalue weighted by Crippen LogP contribution is -2.16. The fourth-order valence-electron chi connectivity index (χ4n) is 2.05. The molecule has 108 valence electrons. The molecule has 0 bridgehead atoms. The fraction of sp³-hybridized carbons (Fsp3) is 0.471. The summed E-state index contributed by atoms with van der Waals surface area (Å²) in [6.45, 7) is 10.8. The predicted octanol–water partition coefficient (Wildman–Crippen LogP) is 3.62. The number of hydrogen-bond donors (Lipinski definition) is 0. The second kappa shape index (κ2) is 5.80. The van der Waals surface area contributed by atoms with Crippen molar-refractivity contribution >= 4 is 0 Å². The third-order valence-corrected chi connectivity index (χ3v) is 3.55. The Morgan fingerprint density at radius 2 is 1.75 bits per heavy atom. The van der Waals surface area contributed by atoms with Crippen molar-refractivity contribution in [2.24, 2.45) is 0 Å². The van der Waals surface area contributed by atoms with E-state index in [2.05, 4.69) is 75.1 Å². The first-order valence-corrected chi connectivity index (χ1v) is 7.24. The smallest absolute Gasteiger partial charge is 0.0682 e. The van der Waals surface area contributed by atoms with Crippen LogP contribution in [0, 0.1) is 0 Å². The molecule has 0 radical (unpaired) electrons. The lowest BCUT2D eigenvalue weighted by Gasteiger charge is -2.15. The standard InChI is InChI=1S/C17H25N3/c1-6-19(5)13-14-7-9-15(10-8-14)20-12-11-16(18-20)17(2,3)4/h7-12H,6,13H2,1-5H3. The first-order valence-electron chi connectivity index (χ1n) is 7.24. The van der Waals surface area contributed by atoms with Crippen LogP contribution in [0.2, 0.25) is 0 Å². The summed E-state index contributed by atoms with van der Waals surface area (Å²) in [5, 5.41) is 4.66. The van der Waals surface area contributed by atoms with Crippen LogP contribution < -0.4 is 0 Å². The molecule has 3 nitrogen and oxygen atoms in total. The van der Waals surface area contributed by atoms with Crippen molar-refractivity contribution < 1.29 is 0 Å². The molecular weight excluding hydrogens is 246 g/mol. The number of rotatable bonds is 4. The highest BCUT2D eigenvalue weighted by Gasteiger charge is 2.16. The van der Waals surface area contributed by atoms with Crippen molar-refractivity contribution in [3.05, 3.63) is 47.8 Å². The van der Waals surface area contributed by atoms with Crippen LogP contribution in [-0.4, -0.2) is 28.3 Å². The van der Waals surface area contributed by atoms with Crippen molar-refractivity contribution in [2.45, 2.75) is 39.7 Å². The molecule has 2 aromatic rings. The second-order valence-corrected chi connectivity index (χ2v) is 6.39. The zero-order valence-electron chi connectivity index (χ0n) is 13.2. The molecule has 0 aliphatic heterocycles. The molecule has 0 N–H and O–H groups in total. The highest BCUT2D eigenvalue weighted by Crippen LogP contribution is 2.21. The minimum absolute atomic E-state index is 0.0923. The van der Waals surface area contributed by atoms with E-state index < -0.39 is 0 Å². The van der Waals surface area contributed by atoms with Gasteiger partial charge in [-0.05, 0) is 37.4 Å².